The Kier molecular flexibility index (Phi) is 6.70. The lowest BCUT2D eigenvalue weighted by Gasteiger charge is -2.50. The standard InChI is InChI=1S/C20H20N6O6S2/c1-25-6-4-3-5-10(25)7-32-12-9-33-18-14(17(28)26(18)15(12)19(29)30)23-16(27)13(24-31-2)11-8-34-20(21)22-11/h3-6,8,14,18H,7,9H2,1-2H3,(H3-,21,22,23,27,29,30)/b24-13-/t14-,18-/m1/s1. The fraction of sp³-hybridized carbons (Fsp3) is 0.300. The summed E-state index contributed by atoms with van der Waals surface area (Å²) < 4.78 is 7.59. The molecule has 1 saturated heterocycles. The van der Waals surface area contributed by atoms with Gasteiger partial charge in [0.2, 0.25) is 5.69 Å². The van der Waals surface area contributed by atoms with E-state index in [-0.39, 0.29) is 40.4 Å². The van der Waals surface area contributed by atoms with E-state index in [9.17, 15) is 19.5 Å². The van der Waals surface area contributed by atoms with Crippen LogP contribution in [0.1, 0.15) is 11.4 Å². The molecule has 4 rings (SSSR count). The van der Waals surface area contributed by atoms with Crippen molar-refractivity contribution in [3.05, 3.63) is 52.6 Å². The topological polar surface area (TPSA) is 163 Å². The van der Waals surface area contributed by atoms with E-state index in [0.717, 1.165) is 21.9 Å². The second-order valence-corrected chi connectivity index (χ2v) is 9.20. The fourth-order valence-electron chi connectivity index (χ4n) is 3.46. The summed E-state index contributed by atoms with van der Waals surface area (Å²) in [5.41, 5.74) is 6.14. The molecule has 34 heavy (non-hydrogen) atoms. The van der Waals surface area contributed by atoms with E-state index in [1.54, 1.807) is 0 Å². The van der Waals surface area contributed by atoms with Crippen LogP contribution in [0.15, 0.2) is 46.4 Å². The summed E-state index contributed by atoms with van der Waals surface area (Å²) in [5, 5.41) is 19.3. The number of nitrogens with zero attached hydrogens (tertiary/aromatic N) is 4. The maximum atomic E-state index is 12.8. The number of anilines is 1. The number of aromatic nitrogens is 2. The van der Waals surface area contributed by atoms with Gasteiger partial charge in [-0.05, 0) is 6.07 Å². The molecule has 0 aliphatic carbocycles. The molecule has 4 heterocycles. The van der Waals surface area contributed by atoms with Crippen LogP contribution < -0.4 is 20.7 Å². The molecule has 3 N–H and O–H groups in total. The second-order valence-electron chi connectivity index (χ2n) is 7.21. The molecule has 0 radical (unpaired) electrons. The van der Waals surface area contributed by atoms with Gasteiger partial charge in [-0.2, -0.15) is 0 Å². The highest BCUT2D eigenvalue weighted by atomic mass is 32.2. The molecule has 2 amide bonds. The second kappa shape index (κ2) is 9.69. The minimum Gasteiger partial charge on any atom is -0.543 e. The molecule has 2 aromatic heterocycles. The van der Waals surface area contributed by atoms with Gasteiger partial charge >= 0.3 is 0 Å². The highest BCUT2D eigenvalue weighted by Crippen LogP contribution is 2.40. The Bertz CT molecular complexity index is 1210. The third-order valence-electron chi connectivity index (χ3n) is 5.13. The Balaban J connectivity index is 1.50. The van der Waals surface area contributed by atoms with Gasteiger partial charge in [0.1, 0.15) is 42.7 Å². The number of thioether (sulfide) groups is 1. The zero-order valence-electron chi connectivity index (χ0n) is 18.1. The minimum atomic E-state index is -1.53. The molecule has 2 aliphatic rings. The number of β-lactam (4-membered cyclic amide) rings is 1. The number of pyridine rings is 1. The third-order valence-corrected chi connectivity index (χ3v) is 7.06. The zero-order chi connectivity index (χ0) is 24.4. The van der Waals surface area contributed by atoms with Crippen LogP contribution >= 0.6 is 23.1 Å². The number of carboxylic acid groups (broad SMARTS) is 1. The number of nitrogens with two attached hydrogens (primary N) is 1. The van der Waals surface area contributed by atoms with Crippen molar-refractivity contribution in [2.45, 2.75) is 18.0 Å². The molecule has 0 saturated carbocycles. The number of oxime groups is 1. The third kappa shape index (κ3) is 4.41. The molecule has 2 atom stereocenters. The van der Waals surface area contributed by atoms with Crippen molar-refractivity contribution in [2.24, 2.45) is 12.2 Å². The molecule has 1 fully saturated rings. The first kappa shape index (κ1) is 23.5. The number of nitrogens with one attached hydrogen (secondary N) is 1. The summed E-state index contributed by atoms with van der Waals surface area (Å²) in [7, 11) is 3.11. The highest BCUT2D eigenvalue weighted by Gasteiger charge is 2.53. The first-order valence-corrected chi connectivity index (χ1v) is 11.8. The molecular weight excluding hydrogens is 484 g/mol. The monoisotopic (exact) mass is 504 g/mol. The van der Waals surface area contributed by atoms with Crippen LogP contribution in [0, 0.1) is 0 Å². The lowest BCUT2D eigenvalue weighted by atomic mass is 10.0. The number of fused-ring (bicyclic) bond motifs is 1. The van der Waals surface area contributed by atoms with Gasteiger partial charge in [0, 0.05) is 17.5 Å². The maximum absolute atomic E-state index is 12.8. The number of carbonyl (C=O) groups excluding carboxylic acids is 3. The first-order chi connectivity index (χ1) is 16.3. The normalized spacial score (nSPS) is 19.9. The smallest absolute Gasteiger partial charge is 0.276 e. The lowest BCUT2D eigenvalue weighted by Crippen LogP contribution is -2.71. The summed E-state index contributed by atoms with van der Waals surface area (Å²) in [4.78, 5) is 47.3. The maximum Gasteiger partial charge on any atom is 0.276 e. The van der Waals surface area contributed by atoms with Crippen LogP contribution in [0.2, 0.25) is 0 Å². The van der Waals surface area contributed by atoms with E-state index in [4.69, 9.17) is 15.3 Å². The Morgan fingerprint density at radius 1 is 1.44 bits per heavy atom. The number of hydrogen-bond donors (Lipinski definition) is 2. The van der Waals surface area contributed by atoms with Crippen molar-refractivity contribution in [1.29, 1.82) is 0 Å². The van der Waals surface area contributed by atoms with Gasteiger partial charge < -0.3 is 30.5 Å². The van der Waals surface area contributed by atoms with Gasteiger partial charge in [0.25, 0.3) is 11.8 Å². The Hall–Kier alpha value is -3.65. The van der Waals surface area contributed by atoms with Gasteiger partial charge in [-0.1, -0.05) is 5.16 Å². The largest absolute Gasteiger partial charge is 0.543 e. The minimum absolute atomic E-state index is 0.116. The van der Waals surface area contributed by atoms with Crippen LogP contribution in [-0.2, 0) is 37.6 Å². The Labute approximate surface area is 202 Å². The molecule has 12 nitrogen and oxygen atoms in total. The number of hydrogen-bond acceptors (Lipinski definition) is 11. The van der Waals surface area contributed by atoms with Gasteiger partial charge in [0.05, 0.1) is 11.7 Å². The number of carbonyl (C=O) groups is 3. The molecule has 0 unspecified atom stereocenters. The predicted molar refractivity (Wildman–Crippen MR) is 120 cm³/mol. The van der Waals surface area contributed by atoms with Gasteiger partial charge in [0.15, 0.2) is 23.6 Å². The Morgan fingerprint density at radius 3 is 2.88 bits per heavy atom. The van der Waals surface area contributed by atoms with Gasteiger partial charge in [-0.25, -0.2) is 9.55 Å². The summed E-state index contributed by atoms with van der Waals surface area (Å²) in [6, 6.07) is 4.56. The number of aryl methyl sites for hydroxylation is 1. The number of thiazole rings is 1. The number of rotatable bonds is 8. The van der Waals surface area contributed by atoms with Crippen molar-refractivity contribution >= 4 is 51.7 Å². The quantitative estimate of drug-likeness (QED) is 0.188. The first-order valence-electron chi connectivity index (χ1n) is 9.90. The van der Waals surface area contributed by atoms with Gasteiger partial charge in [-0.15, -0.1) is 23.1 Å². The molecule has 2 aliphatic heterocycles. The van der Waals surface area contributed by atoms with E-state index in [1.807, 2.05) is 36.0 Å². The number of amides is 2. The zero-order valence-corrected chi connectivity index (χ0v) is 19.7. The van der Waals surface area contributed by atoms with Crippen molar-refractivity contribution in [1.82, 2.24) is 15.2 Å². The average Bonchev–Trinajstić information content (AvgIpc) is 3.25. The molecule has 2 aromatic rings. The van der Waals surface area contributed by atoms with Crippen LogP contribution in [0.25, 0.3) is 0 Å². The lowest BCUT2D eigenvalue weighted by molar-refractivity contribution is -0.681. The summed E-state index contributed by atoms with van der Waals surface area (Å²) >= 11 is 2.38. The number of carboxylic acids is 1. The molecular formula is C20H20N6O6S2. The van der Waals surface area contributed by atoms with Crippen molar-refractivity contribution in [2.75, 3.05) is 18.6 Å². The molecule has 0 bridgehead atoms. The SMILES string of the molecule is CO/N=C(\C(=O)N[C@@H]1C(=O)N2C(C(=O)[O-])=C(OCc3cccc[n+]3C)CS[C@H]12)c1csc(N)n1. The van der Waals surface area contributed by atoms with Gasteiger partial charge in [-0.3, -0.25) is 14.5 Å². The van der Waals surface area contributed by atoms with Crippen LogP contribution in [0.3, 0.4) is 0 Å². The molecule has 0 spiro atoms. The molecule has 14 heteroatoms. The molecule has 0 aromatic carbocycles. The summed E-state index contributed by atoms with van der Waals surface area (Å²) in [6.07, 6.45) is 1.84. The van der Waals surface area contributed by atoms with Crippen molar-refractivity contribution < 1.29 is 33.6 Å². The van der Waals surface area contributed by atoms with E-state index < -0.39 is 29.2 Å². The summed E-state index contributed by atoms with van der Waals surface area (Å²) in [6.45, 7) is 0.116. The molecule has 178 valence electrons. The fourth-order valence-corrected chi connectivity index (χ4v) is 5.29. The highest BCUT2D eigenvalue weighted by molar-refractivity contribution is 8.00. The Morgan fingerprint density at radius 2 is 2.24 bits per heavy atom. The summed E-state index contributed by atoms with van der Waals surface area (Å²) in [5.74, 6) is -2.53. The van der Waals surface area contributed by atoms with E-state index in [2.05, 4.69) is 15.5 Å². The number of ether oxygens (including phenoxy) is 1. The van der Waals surface area contributed by atoms with Crippen LogP contribution in [0.5, 0.6) is 0 Å². The number of aliphatic carboxylic acids is 1. The predicted octanol–water partition coefficient (Wildman–Crippen LogP) is -1.52. The van der Waals surface area contributed by atoms with E-state index in [1.165, 1.54) is 24.3 Å². The van der Waals surface area contributed by atoms with E-state index >= 15 is 0 Å². The van der Waals surface area contributed by atoms with Crippen molar-refractivity contribution in [3.8, 4) is 0 Å². The average molecular weight is 505 g/mol. The number of nitrogen functional groups attached to an aromatic ring is 1. The van der Waals surface area contributed by atoms with Crippen molar-refractivity contribution in [3.63, 3.8) is 0 Å². The van der Waals surface area contributed by atoms with Crippen LogP contribution in [-0.4, -0.2) is 57.7 Å². The van der Waals surface area contributed by atoms with Crippen LogP contribution in [0.4, 0.5) is 5.13 Å². The van der Waals surface area contributed by atoms with E-state index in [0.29, 0.717) is 0 Å².